The fourth-order valence-electron chi connectivity index (χ4n) is 2.51. The van der Waals surface area contributed by atoms with E-state index in [1.54, 1.807) is 0 Å². The Morgan fingerprint density at radius 2 is 1.77 bits per heavy atom. The summed E-state index contributed by atoms with van der Waals surface area (Å²) < 4.78 is 0. The summed E-state index contributed by atoms with van der Waals surface area (Å²) in [5.74, 6) is 1.75. The molecule has 0 spiro atoms. The Bertz CT molecular complexity index is 497. The molecule has 0 atom stereocenters. The summed E-state index contributed by atoms with van der Waals surface area (Å²) in [6.07, 6.45) is 0. The average Bonchev–Trinajstić information content (AvgIpc) is 2.46. The first-order valence-corrected chi connectivity index (χ1v) is 7.94. The molecule has 1 aliphatic heterocycles. The topological polar surface area (TPSA) is 69.6 Å². The number of piperazine rings is 1. The van der Waals surface area contributed by atoms with Gasteiger partial charge >= 0.3 is 5.97 Å². The number of hydrogen-bond acceptors (Lipinski definition) is 5. The third-order valence-corrected chi connectivity index (χ3v) is 3.91. The molecule has 1 saturated heterocycles. The van der Waals surface area contributed by atoms with Crippen LogP contribution in [0.25, 0.3) is 0 Å². The zero-order chi connectivity index (χ0) is 16.3. The number of carboxylic acid groups (broad SMARTS) is 1. The van der Waals surface area contributed by atoms with Crippen molar-refractivity contribution in [2.45, 2.75) is 39.5 Å². The van der Waals surface area contributed by atoms with Crippen molar-refractivity contribution in [2.75, 3.05) is 37.6 Å². The van der Waals surface area contributed by atoms with Crippen LogP contribution in [-0.4, -0.2) is 58.7 Å². The summed E-state index contributed by atoms with van der Waals surface area (Å²) in [6.45, 7) is 11.7. The average molecular weight is 306 g/mol. The molecule has 0 saturated carbocycles. The van der Waals surface area contributed by atoms with Crippen LogP contribution in [0, 0.1) is 0 Å². The quantitative estimate of drug-likeness (QED) is 0.896. The molecule has 1 N–H and O–H groups in total. The summed E-state index contributed by atoms with van der Waals surface area (Å²) >= 11 is 0. The van der Waals surface area contributed by atoms with Gasteiger partial charge in [0.2, 0.25) is 0 Å². The molecule has 2 heterocycles. The van der Waals surface area contributed by atoms with Gasteiger partial charge in [-0.05, 0) is 5.92 Å². The maximum Gasteiger partial charge on any atom is 0.317 e. The second-order valence-electron chi connectivity index (χ2n) is 6.48. The molecule has 1 fully saturated rings. The van der Waals surface area contributed by atoms with Gasteiger partial charge in [0.25, 0.3) is 0 Å². The van der Waals surface area contributed by atoms with Gasteiger partial charge in [-0.1, -0.05) is 27.7 Å². The van der Waals surface area contributed by atoms with Crippen LogP contribution in [0.4, 0.5) is 5.82 Å². The van der Waals surface area contributed by atoms with Crippen LogP contribution in [0.5, 0.6) is 0 Å². The van der Waals surface area contributed by atoms with Crippen molar-refractivity contribution in [2.24, 2.45) is 0 Å². The summed E-state index contributed by atoms with van der Waals surface area (Å²) in [7, 11) is 0. The van der Waals surface area contributed by atoms with Crippen LogP contribution in [0.15, 0.2) is 6.07 Å². The summed E-state index contributed by atoms with van der Waals surface area (Å²) in [6, 6.07) is 2.07. The Kier molecular flexibility index (Phi) is 5.34. The van der Waals surface area contributed by atoms with Crippen molar-refractivity contribution in [3.05, 3.63) is 17.6 Å². The van der Waals surface area contributed by atoms with Gasteiger partial charge < -0.3 is 10.0 Å². The lowest BCUT2D eigenvalue weighted by Crippen LogP contribution is -2.48. The fourth-order valence-corrected chi connectivity index (χ4v) is 2.51. The van der Waals surface area contributed by atoms with E-state index in [0.29, 0.717) is 11.8 Å². The highest BCUT2D eigenvalue weighted by Crippen LogP contribution is 2.22. The van der Waals surface area contributed by atoms with E-state index in [0.717, 1.165) is 43.5 Å². The first kappa shape index (κ1) is 16.7. The SMILES string of the molecule is CC(C)c1cc(N2CCN(CC(=O)O)CC2)nc(C(C)C)n1. The first-order chi connectivity index (χ1) is 10.4. The lowest BCUT2D eigenvalue weighted by Gasteiger charge is -2.35. The van der Waals surface area contributed by atoms with Crippen molar-refractivity contribution in [3.8, 4) is 0 Å². The Labute approximate surface area is 132 Å². The minimum atomic E-state index is -0.764. The van der Waals surface area contributed by atoms with Gasteiger partial charge in [0, 0.05) is 43.9 Å². The highest BCUT2D eigenvalue weighted by Gasteiger charge is 2.21. The standard InChI is InChI=1S/C16H26N4O2/c1-11(2)13-9-14(18-16(17-13)12(3)4)20-7-5-19(6-8-20)10-15(21)22/h9,11-12H,5-8,10H2,1-4H3,(H,21,22). The van der Waals surface area contributed by atoms with E-state index in [1.807, 2.05) is 4.90 Å². The molecule has 0 unspecified atom stereocenters. The second-order valence-corrected chi connectivity index (χ2v) is 6.48. The molecular weight excluding hydrogens is 280 g/mol. The van der Waals surface area contributed by atoms with Gasteiger partial charge in [-0.2, -0.15) is 0 Å². The number of rotatable bonds is 5. The minimum Gasteiger partial charge on any atom is -0.480 e. The molecule has 1 aromatic rings. The van der Waals surface area contributed by atoms with E-state index in [1.165, 1.54) is 0 Å². The second kappa shape index (κ2) is 7.05. The number of anilines is 1. The van der Waals surface area contributed by atoms with Crippen molar-refractivity contribution >= 4 is 11.8 Å². The highest BCUT2D eigenvalue weighted by molar-refractivity contribution is 5.69. The largest absolute Gasteiger partial charge is 0.480 e. The normalized spacial score (nSPS) is 16.5. The van der Waals surface area contributed by atoms with Gasteiger partial charge in [0.15, 0.2) is 0 Å². The van der Waals surface area contributed by atoms with E-state index in [9.17, 15) is 4.79 Å². The molecular formula is C16H26N4O2. The van der Waals surface area contributed by atoms with Gasteiger partial charge in [0.1, 0.15) is 11.6 Å². The Hall–Kier alpha value is -1.69. The summed E-state index contributed by atoms with van der Waals surface area (Å²) in [4.78, 5) is 24.3. The number of aliphatic carboxylic acids is 1. The fraction of sp³-hybridized carbons (Fsp3) is 0.688. The predicted octanol–water partition coefficient (Wildman–Crippen LogP) is 1.93. The molecule has 0 aromatic carbocycles. The minimum absolute atomic E-state index is 0.117. The summed E-state index contributed by atoms with van der Waals surface area (Å²) in [5.41, 5.74) is 1.07. The van der Waals surface area contributed by atoms with Gasteiger partial charge in [-0.3, -0.25) is 9.69 Å². The zero-order valence-electron chi connectivity index (χ0n) is 13.9. The third kappa shape index (κ3) is 4.16. The Balaban J connectivity index is 2.14. The third-order valence-electron chi connectivity index (χ3n) is 3.91. The molecule has 1 aromatic heterocycles. The molecule has 22 heavy (non-hydrogen) atoms. The monoisotopic (exact) mass is 306 g/mol. The molecule has 2 rings (SSSR count). The maximum atomic E-state index is 10.8. The molecule has 0 amide bonds. The van der Waals surface area contributed by atoms with Crippen LogP contribution in [-0.2, 0) is 4.79 Å². The maximum absolute atomic E-state index is 10.8. The molecule has 6 heteroatoms. The lowest BCUT2D eigenvalue weighted by molar-refractivity contribution is -0.138. The number of aromatic nitrogens is 2. The van der Waals surface area contributed by atoms with E-state index in [-0.39, 0.29) is 6.54 Å². The molecule has 0 radical (unpaired) electrons. The molecule has 1 aliphatic rings. The highest BCUT2D eigenvalue weighted by atomic mass is 16.4. The van der Waals surface area contributed by atoms with Crippen LogP contribution in [0.2, 0.25) is 0 Å². The van der Waals surface area contributed by atoms with Crippen molar-refractivity contribution < 1.29 is 9.90 Å². The van der Waals surface area contributed by atoms with Gasteiger partial charge in [0.05, 0.1) is 6.54 Å². The van der Waals surface area contributed by atoms with Crippen molar-refractivity contribution in [3.63, 3.8) is 0 Å². The van der Waals surface area contributed by atoms with E-state index < -0.39 is 5.97 Å². The predicted molar refractivity (Wildman–Crippen MR) is 86.5 cm³/mol. The lowest BCUT2D eigenvalue weighted by atomic mass is 10.1. The smallest absolute Gasteiger partial charge is 0.317 e. The summed E-state index contributed by atoms with van der Waals surface area (Å²) in [5, 5.41) is 8.87. The number of carboxylic acids is 1. The van der Waals surface area contributed by atoms with Crippen LogP contribution >= 0.6 is 0 Å². The van der Waals surface area contributed by atoms with Crippen LogP contribution < -0.4 is 4.90 Å². The van der Waals surface area contributed by atoms with Crippen molar-refractivity contribution in [1.29, 1.82) is 0 Å². The van der Waals surface area contributed by atoms with Crippen molar-refractivity contribution in [1.82, 2.24) is 14.9 Å². The zero-order valence-corrected chi connectivity index (χ0v) is 13.9. The van der Waals surface area contributed by atoms with E-state index in [2.05, 4.69) is 43.6 Å². The van der Waals surface area contributed by atoms with Gasteiger partial charge in [-0.25, -0.2) is 9.97 Å². The van der Waals surface area contributed by atoms with E-state index in [4.69, 9.17) is 10.1 Å². The number of carbonyl (C=O) groups is 1. The van der Waals surface area contributed by atoms with Crippen LogP contribution in [0.3, 0.4) is 0 Å². The molecule has 6 nitrogen and oxygen atoms in total. The Morgan fingerprint density at radius 3 is 2.27 bits per heavy atom. The molecule has 0 bridgehead atoms. The van der Waals surface area contributed by atoms with E-state index >= 15 is 0 Å². The molecule has 122 valence electrons. The number of nitrogens with zero attached hydrogens (tertiary/aromatic N) is 4. The first-order valence-electron chi connectivity index (χ1n) is 7.94. The molecule has 0 aliphatic carbocycles. The van der Waals surface area contributed by atoms with Gasteiger partial charge in [-0.15, -0.1) is 0 Å². The Morgan fingerprint density at radius 1 is 1.14 bits per heavy atom. The number of hydrogen-bond donors (Lipinski definition) is 1. The van der Waals surface area contributed by atoms with Crippen LogP contribution in [0.1, 0.15) is 51.0 Å².